The van der Waals surface area contributed by atoms with E-state index in [1.807, 2.05) is 31.2 Å². The number of sulfonamides is 1. The maximum Gasteiger partial charge on any atom is 0.244 e. The van der Waals surface area contributed by atoms with Crippen molar-refractivity contribution in [3.05, 3.63) is 53.6 Å². The maximum atomic E-state index is 13.4. The fourth-order valence-corrected chi connectivity index (χ4v) is 4.23. The summed E-state index contributed by atoms with van der Waals surface area (Å²) in [5.41, 5.74) is 1.99. The molecule has 9 nitrogen and oxygen atoms in total. The minimum Gasteiger partial charge on any atom is -0.497 e. The third-order valence-corrected chi connectivity index (χ3v) is 6.31. The van der Waals surface area contributed by atoms with Gasteiger partial charge in [0.25, 0.3) is 0 Å². The number of rotatable bonds is 10. The van der Waals surface area contributed by atoms with Crippen LogP contribution >= 0.6 is 0 Å². The largest absolute Gasteiger partial charge is 0.497 e. The fourth-order valence-electron chi connectivity index (χ4n) is 3.39. The Morgan fingerprint density at radius 3 is 2.33 bits per heavy atom. The topological polar surface area (TPSA) is 105 Å². The summed E-state index contributed by atoms with van der Waals surface area (Å²) >= 11 is 0. The summed E-state index contributed by atoms with van der Waals surface area (Å²) in [6.45, 7) is 3.15. The van der Waals surface area contributed by atoms with Gasteiger partial charge < -0.3 is 19.7 Å². The van der Waals surface area contributed by atoms with Crippen LogP contribution in [0.1, 0.15) is 18.1 Å². The first-order valence-corrected chi connectivity index (χ1v) is 12.1. The van der Waals surface area contributed by atoms with Gasteiger partial charge in [0.2, 0.25) is 21.8 Å². The summed E-state index contributed by atoms with van der Waals surface area (Å²) in [6, 6.07) is 11.4. The lowest BCUT2D eigenvalue weighted by Crippen LogP contribution is -2.50. The Bertz CT molecular complexity index is 1100. The summed E-state index contributed by atoms with van der Waals surface area (Å²) in [5, 5.41) is 2.54. The van der Waals surface area contributed by atoms with E-state index < -0.39 is 28.5 Å². The number of methoxy groups -OCH3 is 2. The van der Waals surface area contributed by atoms with Crippen molar-refractivity contribution in [2.45, 2.75) is 26.4 Å². The van der Waals surface area contributed by atoms with Crippen LogP contribution in [0.5, 0.6) is 11.5 Å². The normalized spacial score (nSPS) is 11.9. The molecule has 0 saturated carbocycles. The van der Waals surface area contributed by atoms with Crippen LogP contribution in [-0.2, 0) is 26.2 Å². The molecule has 2 aromatic rings. The monoisotopic (exact) mass is 477 g/mol. The van der Waals surface area contributed by atoms with Crippen molar-refractivity contribution >= 4 is 27.5 Å². The van der Waals surface area contributed by atoms with Crippen LogP contribution in [0, 0.1) is 6.92 Å². The highest BCUT2D eigenvalue weighted by atomic mass is 32.2. The summed E-state index contributed by atoms with van der Waals surface area (Å²) in [4.78, 5) is 27.2. The van der Waals surface area contributed by atoms with Crippen molar-refractivity contribution in [1.82, 2.24) is 10.2 Å². The smallest absolute Gasteiger partial charge is 0.244 e. The lowest BCUT2D eigenvalue weighted by molar-refractivity contribution is -0.139. The zero-order valence-electron chi connectivity index (χ0n) is 19.8. The van der Waals surface area contributed by atoms with Gasteiger partial charge in [0.05, 0.1) is 26.2 Å². The Morgan fingerprint density at radius 1 is 1.09 bits per heavy atom. The molecule has 33 heavy (non-hydrogen) atoms. The summed E-state index contributed by atoms with van der Waals surface area (Å²) in [7, 11) is 0.461. The Labute approximate surface area is 195 Å². The molecular weight excluding hydrogens is 446 g/mol. The third-order valence-electron chi connectivity index (χ3n) is 5.18. The lowest BCUT2D eigenvalue weighted by Gasteiger charge is -2.31. The summed E-state index contributed by atoms with van der Waals surface area (Å²) < 4.78 is 36.9. The van der Waals surface area contributed by atoms with Gasteiger partial charge in [0.1, 0.15) is 24.1 Å². The van der Waals surface area contributed by atoms with Crippen LogP contribution in [0.15, 0.2) is 42.5 Å². The molecule has 0 spiro atoms. The number of carbonyl (C=O) groups is 2. The van der Waals surface area contributed by atoms with Crippen molar-refractivity contribution in [2.75, 3.05) is 38.4 Å². The van der Waals surface area contributed by atoms with Crippen LogP contribution in [0.3, 0.4) is 0 Å². The predicted molar refractivity (Wildman–Crippen MR) is 127 cm³/mol. The third kappa shape index (κ3) is 6.61. The number of ether oxygens (including phenoxy) is 2. The molecule has 10 heteroatoms. The van der Waals surface area contributed by atoms with E-state index in [0.717, 1.165) is 21.7 Å². The van der Waals surface area contributed by atoms with E-state index in [0.29, 0.717) is 5.75 Å². The second-order valence-electron chi connectivity index (χ2n) is 7.61. The number of carbonyl (C=O) groups excluding carboxylic acids is 2. The molecule has 1 N–H and O–H groups in total. The Morgan fingerprint density at radius 2 is 1.79 bits per heavy atom. The zero-order chi connectivity index (χ0) is 24.8. The Kier molecular flexibility index (Phi) is 8.69. The number of amides is 2. The van der Waals surface area contributed by atoms with E-state index in [9.17, 15) is 18.0 Å². The highest BCUT2D eigenvalue weighted by Crippen LogP contribution is 2.34. The molecule has 2 rings (SSSR count). The molecule has 0 aliphatic carbocycles. The molecule has 0 saturated heterocycles. The van der Waals surface area contributed by atoms with E-state index >= 15 is 0 Å². The average Bonchev–Trinajstić information content (AvgIpc) is 2.78. The van der Waals surface area contributed by atoms with E-state index in [4.69, 9.17) is 9.47 Å². The van der Waals surface area contributed by atoms with E-state index in [-0.39, 0.29) is 23.9 Å². The molecule has 0 heterocycles. The van der Waals surface area contributed by atoms with Crippen molar-refractivity contribution < 1.29 is 27.5 Å². The highest BCUT2D eigenvalue weighted by molar-refractivity contribution is 7.92. The molecule has 0 aromatic heterocycles. The molecule has 2 amide bonds. The first kappa shape index (κ1) is 26.0. The summed E-state index contributed by atoms with van der Waals surface area (Å²) in [5.74, 6) is -0.232. The SMILES string of the molecule is CNC(=O)[C@@H](C)N(Cc1cccc(C)c1)C(=O)CN(c1cc(OC)ccc1OC)S(C)(=O)=O. The summed E-state index contributed by atoms with van der Waals surface area (Å²) in [6.07, 6.45) is 1.01. The number of nitrogens with one attached hydrogen (secondary N) is 1. The number of aryl methyl sites for hydroxylation is 1. The van der Waals surface area contributed by atoms with Crippen molar-refractivity contribution in [3.8, 4) is 11.5 Å². The molecule has 0 aliphatic heterocycles. The zero-order valence-corrected chi connectivity index (χ0v) is 20.6. The van der Waals surface area contributed by atoms with Gasteiger partial charge >= 0.3 is 0 Å². The number of nitrogens with zero attached hydrogens (tertiary/aromatic N) is 2. The van der Waals surface area contributed by atoms with Crippen LogP contribution in [0.2, 0.25) is 0 Å². The number of hydrogen-bond acceptors (Lipinski definition) is 6. The van der Waals surface area contributed by atoms with Gasteiger partial charge in [-0.1, -0.05) is 29.8 Å². The molecule has 0 bridgehead atoms. The van der Waals surface area contributed by atoms with E-state index in [2.05, 4.69) is 5.32 Å². The second kappa shape index (κ2) is 11.0. The molecule has 0 aliphatic rings. The van der Waals surface area contributed by atoms with Crippen LogP contribution in [-0.4, -0.2) is 65.2 Å². The van der Waals surface area contributed by atoms with Gasteiger partial charge in [-0.2, -0.15) is 0 Å². The van der Waals surface area contributed by atoms with Crippen LogP contribution in [0.25, 0.3) is 0 Å². The van der Waals surface area contributed by atoms with Crippen LogP contribution < -0.4 is 19.1 Å². The first-order chi connectivity index (χ1) is 15.5. The number of likely N-dealkylation sites (N-methyl/N-ethyl adjacent to an activating group) is 1. The van der Waals surface area contributed by atoms with Crippen molar-refractivity contribution in [2.24, 2.45) is 0 Å². The number of anilines is 1. The number of benzene rings is 2. The Balaban J connectivity index is 2.48. The predicted octanol–water partition coefficient (Wildman–Crippen LogP) is 1.94. The van der Waals surface area contributed by atoms with Crippen LogP contribution in [0.4, 0.5) is 5.69 Å². The van der Waals surface area contributed by atoms with E-state index in [1.165, 1.54) is 32.2 Å². The van der Waals surface area contributed by atoms with Gasteiger partial charge in [-0.15, -0.1) is 0 Å². The minimum atomic E-state index is -3.89. The van der Waals surface area contributed by atoms with E-state index in [1.54, 1.807) is 19.1 Å². The van der Waals surface area contributed by atoms with Gasteiger partial charge in [0.15, 0.2) is 0 Å². The van der Waals surface area contributed by atoms with Gasteiger partial charge in [-0.25, -0.2) is 8.42 Å². The molecule has 1 atom stereocenters. The maximum absolute atomic E-state index is 13.4. The molecule has 0 unspecified atom stereocenters. The van der Waals surface area contributed by atoms with Gasteiger partial charge in [-0.05, 0) is 31.5 Å². The standard InChI is InChI=1S/C23H31N3O6S/c1-16-8-7-9-18(12-16)14-25(17(2)23(28)24-3)22(27)15-26(33(6,29)30)20-13-19(31-4)10-11-21(20)32-5/h7-13,17H,14-15H2,1-6H3,(H,24,28)/t17-/m1/s1. The average molecular weight is 478 g/mol. The molecule has 0 fully saturated rings. The molecule has 2 aromatic carbocycles. The highest BCUT2D eigenvalue weighted by Gasteiger charge is 2.31. The second-order valence-corrected chi connectivity index (χ2v) is 9.52. The molecular formula is C23H31N3O6S. The quantitative estimate of drug-likeness (QED) is 0.561. The van der Waals surface area contributed by atoms with Crippen molar-refractivity contribution in [3.63, 3.8) is 0 Å². The number of hydrogen-bond donors (Lipinski definition) is 1. The fraction of sp³-hybridized carbons (Fsp3) is 0.391. The van der Waals surface area contributed by atoms with Gasteiger partial charge in [0, 0.05) is 19.7 Å². The lowest BCUT2D eigenvalue weighted by atomic mass is 10.1. The molecule has 180 valence electrons. The Hall–Kier alpha value is -3.27. The first-order valence-electron chi connectivity index (χ1n) is 10.3. The minimum absolute atomic E-state index is 0.141. The van der Waals surface area contributed by atoms with Gasteiger partial charge in [-0.3, -0.25) is 13.9 Å². The molecule has 0 radical (unpaired) electrons. The van der Waals surface area contributed by atoms with Crippen molar-refractivity contribution in [1.29, 1.82) is 0 Å².